The number of nitrogens with one attached hydrogen (secondary N) is 1. The van der Waals surface area contributed by atoms with Crippen LogP contribution >= 0.6 is 0 Å². The first-order valence-electron chi connectivity index (χ1n) is 7.95. The summed E-state index contributed by atoms with van der Waals surface area (Å²) in [6, 6.07) is 7.57. The van der Waals surface area contributed by atoms with Crippen molar-refractivity contribution in [3.8, 4) is 0 Å². The first-order chi connectivity index (χ1) is 10.7. The van der Waals surface area contributed by atoms with Crippen LogP contribution in [0.4, 0.5) is 11.4 Å². The lowest BCUT2D eigenvalue weighted by Gasteiger charge is -2.24. The van der Waals surface area contributed by atoms with E-state index >= 15 is 0 Å². The highest BCUT2D eigenvalue weighted by Gasteiger charge is 2.36. The van der Waals surface area contributed by atoms with E-state index in [0.717, 1.165) is 42.8 Å². The molecule has 5 heteroatoms. The number of hydrogen-bond acceptors (Lipinski definition) is 3. The third-order valence-corrected chi connectivity index (χ3v) is 4.20. The molecule has 1 unspecified atom stereocenters. The second-order valence-corrected chi connectivity index (χ2v) is 5.81. The molecule has 1 atom stereocenters. The first kappa shape index (κ1) is 14.8. The van der Waals surface area contributed by atoms with Crippen LogP contribution in [0.3, 0.4) is 0 Å². The molecule has 116 valence electrons. The third-order valence-electron chi connectivity index (χ3n) is 4.20. The topological polar surface area (TPSA) is 61.8 Å². The summed E-state index contributed by atoms with van der Waals surface area (Å²) in [5.74, 6) is -0.273. The molecule has 3 rings (SSSR count). The van der Waals surface area contributed by atoms with Gasteiger partial charge in [-0.1, -0.05) is 19.1 Å². The Bertz CT molecular complexity index is 624. The number of amides is 2. The number of rotatable bonds is 4. The number of anilines is 1. The van der Waals surface area contributed by atoms with Crippen LogP contribution < -0.4 is 10.2 Å². The third kappa shape index (κ3) is 2.75. The molecule has 1 aromatic carbocycles. The van der Waals surface area contributed by atoms with Gasteiger partial charge < -0.3 is 10.2 Å². The molecule has 0 bridgehead atoms. The molecule has 1 aliphatic carbocycles. The number of aliphatic imine (C=N–C) groups is 1. The molecule has 5 nitrogen and oxygen atoms in total. The van der Waals surface area contributed by atoms with Crippen LogP contribution in [0.2, 0.25) is 0 Å². The Labute approximate surface area is 130 Å². The van der Waals surface area contributed by atoms with E-state index in [4.69, 9.17) is 4.99 Å². The molecule has 1 heterocycles. The molecule has 0 aromatic heterocycles. The standard InChI is InChI=1S/C17H21N3O2/c1-2-10-18-16(21)11-20-15-9-4-3-7-14(15)19-13-8-5-6-12(13)17(20)22/h3-4,7,9,12H,2,5-6,8,10-11H2,1H3,(H,18,21). The number of nitrogens with zero attached hydrogens (tertiary/aromatic N) is 2. The molecule has 1 aliphatic heterocycles. The lowest BCUT2D eigenvalue weighted by atomic mass is 10.1. The first-order valence-corrected chi connectivity index (χ1v) is 7.95. The Morgan fingerprint density at radius 2 is 2.23 bits per heavy atom. The minimum atomic E-state index is -0.161. The van der Waals surface area contributed by atoms with Gasteiger partial charge in [0.05, 0.1) is 17.3 Å². The fourth-order valence-corrected chi connectivity index (χ4v) is 3.10. The van der Waals surface area contributed by atoms with Crippen molar-refractivity contribution in [3.05, 3.63) is 24.3 Å². The summed E-state index contributed by atoms with van der Waals surface area (Å²) in [6.07, 6.45) is 3.58. The maximum atomic E-state index is 12.9. The van der Waals surface area contributed by atoms with Gasteiger partial charge in [0.25, 0.3) is 0 Å². The van der Waals surface area contributed by atoms with Crippen LogP contribution in [0, 0.1) is 5.92 Å². The predicted molar refractivity (Wildman–Crippen MR) is 86.5 cm³/mol. The summed E-state index contributed by atoms with van der Waals surface area (Å²) in [6.45, 7) is 2.70. The van der Waals surface area contributed by atoms with E-state index in [2.05, 4.69) is 5.32 Å². The van der Waals surface area contributed by atoms with Crippen LogP contribution in [0.15, 0.2) is 29.3 Å². The smallest absolute Gasteiger partial charge is 0.240 e. The molecule has 2 aliphatic rings. The van der Waals surface area contributed by atoms with Gasteiger partial charge in [0.1, 0.15) is 6.54 Å². The lowest BCUT2D eigenvalue weighted by Crippen LogP contribution is -2.43. The Morgan fingerprint density at radius 1 is 1.41 bits per heavy atom. The second-order valence-electron chi connectivity index (χ2n) is 5.81. The molecular weight excluding hydrogens is 278 g/mol. The van der Waals surface area contributed by atoms with Crippen LogP contribution in [-0.4, -0.2) is 30.6 Å². The Kier molecular flexibility index (Phi) is 4.22. The summed E-state index contributed by atoms with van der Waals surface area (Å²) in [4.78, 5) is 31.2. The number of benzene rings is 1. The molecule has 2 amide bonds. The molecule has 0 spiro atoms. The molecular formula is C17H21N3O2. The SMILES string of the molecule is CCCNC(=O)CN1C(=O)C2CCCC2=Nc2ccccc21. The van der Waals surface area contributed by atoms with E-state index < -0.39 is 0 Å². The highest BCUT2D eigenvalue weighted by molar-refractivity contribution is 6.16. The zero-order valence-electron chi connectivity index (χ0n) is 12.8. The monoisotopic (exact) mass is 299 g/mol. The van der Waals surface area contributed by atoms with Gasteiger partial charge in [-0.15, -0.1) is 0 Å². The van der Waals surface area contributed by atoms with Crippen molar-refractivity contribution in [2.24, 2.45) is 10.9 Å². The molecule has 22 heavy (non-hydrogen) atoms. The van der Waals surface area contributed by atoms with Gasteiger partial charge in [0.15, 0.2) is 0 Å². The summed E-state index contributed by atoms with van der Waals surface area (Å²) in [5.41, 5.74) is 2.49. The highest BCUT2D eigenvalue weighted by Crippen LogP contribution is 2.37. The van der Waals surface area contributed by atoms with Crippen LogP contribution in [0.5, 0.6) is 0 Å². The fraction of sp³-hybridized carbons (Fsp3) is 0.471. The maximum absolute atomic E-state index is 12.9. The van der Waals surface area contributed by atoms with Crippen molar-refractivity contribution < 1.29 is 9.59 Å². The Hall–Kier alpha value is -2.17. The number of carbonyl (C=O) groups is 2. The Balaban J connectivity index is 1.92. The maximum Gasteiger partial charge on any atom is 0.240 e. The average Bonchev–Trinajstić information content (AvgIpc) is 2.95. The van der Waals surface area contributed by atoms with Crippen molar-refractivity contribution in [1.29, 1.82) is 0 Å². The van der Waals surface area contributed by atoms with Gasteiger partial charge >= 0.3 is 0 Å². The van der Waals surface area contributed by atoms with Crippen molar-refractivity contribution in [3.63, 3.8) is 0 Å². The van der Waals surface area contributed by atoms with Gasteiger partial charge in [-0.25, -0.2) is 0 Å². The summed E-state index contributed by atoms with van der Waals surface area (Å²) < 4.78 is 0. The summed E-state index contributed by atoms with van der Waals surface area (Å²) in [5, 5.41) is 2.84. The van der Waals surface area contributed by atoms with Gasteiger partial charge in [-0.2, -0.15) is 0 Å². The van der Waals surface area contributed by atoms with Crippen molar-refractivity contribution in [1.82, 2.24) is 5.32 Å². The van der Waals surface area contributed by atoms with Crippen molar-refractivity contribution in [2.45, 2.75) is 32.6 Å². The van der Waals surface area contributed by atoms with Gasteiger partial charge in [-0.3, -0.25) is 14.6 Å². The van der Waals surface area contributed by atoms with Gasteiger partial charge in [0, 0.05) is 12.3 Å². The second kappa shape index (κ2) is 6.30. The predicted octanol–water partition coefficient (Wildman–Crippen LogP) is 2.43. The van der Waals surface area contributed by atoms with Crippen LogP contribution in [0.1, 0.15) is 32.6 Å². The molecule has 0 radical (unpaired) electrons. The lowest BCUT2D eigenvalue weighted by molar-refractivity contribution is -0.124. The number of fused-ring (bicyclic) bond motifs is 2. The number of para-hydroxylation sites is 2. The molecule has 1 saturated carbocycles. The number of carbonyl (C=O) groups excluding carboxylic acids is 2. The van der Waals surface area contributed by atoms with Crippen molar-refractivity contribution in [2.75, 3.05) is 18.0 Å². The summed E-state index contributed by atoms with van der Waals surface area (Å²) in [7, 11) is 0. The normalized spacial score (nSPS) is 20.0. The van der Waals surface area contributed by atoms with Gasteiger partial charge in [-0.05, 0) is 37.8 Å². The van der Waals surface area contributed by atoms with E-state index in [1.54, 1.807) is 4.90 Å². The van der Waals surface area contributed by atoms with Crippen LogP contribution in [-0.2, 0) is 9.59 Å². The zero-order chi connectivity index (χ0) is 15.5. The number of hydrogen-bond donors (Lipinski definition) is 1. The average molecular weight is 299 g/mol. The Morgan fingerprint density at radius 3 is 3.05 bits per heavy atom. The van der Waals surface area contributed by atoms with Crippen molar-refractivity contribution >= 4 is 28.9 Å². The van der Waals surface area contributed by atoms with Crippen LogP contribution in [0.25, 0.3) is 0 Å². The van der Waals surface area contributed by atoms with E-state index in [-0.39, 0.29) is 24.3 Å². The van der Waals surface area contributed by atoms with Gasteiger partial charge in [0.2, 0.25) is 11.8 Å². The van der Waals surface area contributed by atoms with E-state index in [1.807, 2.05) is 31.2 Å². The minimum absolute atomic E-state index is 0.00727. The van der Waals surface area contributed by atoms with E-state index in [1.165, 1.54) is 0 Å². The molecule has 1 N–H and O–H groups in total. The largest absolute Gasteiger partial charge is 0.355 e. The molecule has 1 aromatic rings. The van der Waals surface area contributed by atoms with E-state index in [0.29, 0.717) is 6.54 Å². The molecule has 0 saturated heterocycles. The zero-order valence-corrected chi connectivity index (χ0v) is 12.8. The summed E-state index contributed by atoms with van der Waals surface area (Å²) >= 11 is 0. The van der Waals surface area contributed by atoms with E-state index in [9.17, 15) is 9.59 Å². The minimum Gasteiger partial charge on any atom is -0.355 e. The molecule has 1 fully saturated rings. The quantitative estimate of drug-likeness (QED) is 0.928. The fourth-order valence-electron chi connectivity index (χ4n) is 3.10. The highest BCUT2D eigenvalue weighted by atomic mass is 16.2.